The highest BCUT2D eigenvalue weighted by Gasteiger charge is 2.26. The number of nitrogens with one attached hydrogen (secondary N) is 2. The number of carbonyl (C=O) groups excluding carboxylic acids is 2. The third-order valence-electron chi connectivity index (χ3n) is 4.39. The molecule has 1 aliphatic rings. The zero-order valence-electron chi connectivity index (χ0n) is 15.4. The Labute approximate surface area is 160 Å². The van der Waals surface area contributed by atoms with Crippen molar-refractivity contribution in [3.05, 3.63) is 23.8 Å². The third kappa shape index (κ3) is 5.78. The molecule has 2 atom stereocenters. The number of rotatable bonds is 7. The van der Waals surface area contributed by atoms with E-state index in [1.54, 1.807) is 26.4 Å². The number of halogens is 1. The van der Waals surface area contributed by atoms with E-state index in [9.17, 15) is 9.59 Å². The molecule has 0 aliphatic carbocycles. The van der Waals surface area contributed by atoms with Gasteiger partial charge in [-0.05, 0) is 37.1 Å². The summed E-state index contributed by atoms with van der Waals surface area (Å²) >= 11 is 0. The quantitative estimate of drug-likeness (QED) is 0.695. The van der Waals surface area contributed by atoms with Gasteiger partial charge in [-0.15, -0.1) is 12.4 Å². The van der Waals surface area contributed by atoms with E-state index in [4.69, 9.17) is 14.2 Å². The zero-order valence-corrected chi connectivity index (χ0v) is 16.2. The van der Waals surface area contributed by atoms with Gasteiger partial charge in [0, 0.05) is 6.54 Å². The van der Waals surface area contributed by atoms with Gasteiger partial charge in [0.05, 0.1) is 39.7 Å². The molecule has 2 unspecified atom stereocenters. The lowest BCUT2D eigenvalue weighted by atomic mass is 9.96. The smallest absolute Gasteiger partial charge is 0.307 e. The van der Waals surface area contributed by atoms with Gasteiger partial charge in [0.2, 0.25) is 5.91 Å². The van der Waals surface area contributed by atoms with Gasteiger partial charge in [-0.1, -0.05) is 6.07 Å². The van der Waals surface area contributed by atoms with Crippen molar-refractivity contribution in [2.45, 2.75) is 25.3 Å². The van der Waals surface area contributed by atoms with Crippen molar-refractivity contribution in [3.63, 3.8) is 0 Å². The van der Waals surface area contributed by atoms with Crippen LogP contribution in [0.2, 0.25) is 0 Å². The summed E-state index contributed by atoms with van der Waals surface area (Å²) < 4.78 is 15.3. The molecule has 2 rings (SSSR count). The Kier molecular flexibility index (Phi) is 9.23. The number of methoxy groups -OCH3 is 3. The SMILES string of the molecule is COC(=O)CC(NC(=O)C1CCCNC1)c1ccc(OC)c(OC)c1.Cl. The highest BCUT2D eigenvalue weighted by atomic mass is 35.5. The van der Waals surface area contributed by atoms with E-state index in [0.717, 1.165) is 24.9 Å². The lowest BCUT2D eigenvalue weighted by Gasteiger charge is -2.25. The summed E-state index contributed by atoms with van der Waals surface area (Å²) in [6.45, 7) is 1.59. The van der Waals surface area contributed by atoms with Gasteiger partial charge in [0.1, 0.15) is 0 Å². The van der Waals surface area contributed by atoms with Crippen LogP contribution in [0.3, 0.4) is 0 Å². The molecule has 1 aromatic rings. The topological polar surface area (TPSA) is 85.9 Å². The lowest BCUT2D eigenvalue weighted by molar-refractivity contribution is -0.141. The second-order valence-corrected chi connectivity index (χ2v) is 6.00. The van der Waals surface area contributed by atoms with Crippen LogP contribution < -0.4 is 20.1 Å². The van der Waals surface area contributed by atoms with Gasteiger partial charge in [-0.25, -0.2) is 0 Å². The molecule has 1 heterocycles. The number of carbonyl (C=O) groups is 2. The van der Waals surface area contributed by atoms with Gasteiger partial charge >= 0.3 is 5.97 Å². The monoisotopic (exact) mass is 386 g/mol. The Morgan fingerprint density at radius 2 is 1.96 bits per heavy atom. The fraction of sp³-hybridized carbons (Fsp3) is 0.556. The molecule has 0 bridgehead atoms. The molecule has 0 aromatic heterocycles. The van der Waals surface area contributed by atoms with Crippen molar-refractivity contribution < 1.29 is 23.8 Å². The first-order valence-corrected chi connectivity index (χ1v) is 8.38. The fourth-order valence-corrected chi connectivity index (χ4v) is 2.94. The first-order valence-electron chi connectivity index (χ1n) is 8.38. The normalized spacial score (nSPS) is 17.4. The van der Waals surface area contributed by atoms with Gasteiger partial charge in [0.15, 0.2) is 11.5 Å². The molecule has 0 radical (unpaired) electrons. The van der Waals surface area contributed by atoms with Crippen LogP contribution in [-0.4, -0.2) is 46.3 Å². The molecular formula is C18H27ClN2O5. The van der Waals surface area contributed by atoms with Crippen molar-refractivity contribution in [1.82, 2.24) is 10.6 Å². The Balaban J connectivity index is 0.00000338. The minimum absolute atomic E-state index is 0. The maximum absolute atomic E-state index is 12.6. The standard InChI is InChI=1S/C18H26N2O5.ClH/c1-23-15-7-6-12(9-16(15)24-2)14(10-17(21)25-3)20-18(22)13-5-4-8-19-11-13;/h6-7,9,13-14,19H,4-5,8,10-11H2,1-3H3,(H,20,22);1H. The maximum Gasteiger partial charge on any atom is 0.307 e. The van der Waals surface area contributed by atoms with Crippen molar-refractivity contribution in [2.24, 2.45) is 5.92 Å². The summed E-state index contributed by atoms with van der Waals surface area (Å²) in [5.74, 6) is 0.598. The fourth-order valence-electron chi connectivity index (χ4n) is 2.94. The van der Waals surface area contributed by atoms with Gasteiger partial charge in [-0.2, -0.15) is 0 Å². The number of hydrogen-bond donors (Lipinski definition) is 2. The van der Waals surface area contributed by atoms with E-state index in [-0.39, 0.29) is 36.6 Å². The molecule has 1 saturated heterocycles. The Hall–Kier alpha value is -1.99. The number of piperidine rings is 1. The summed E-state index contributed by atoms with van der Waals surface area (Å²) in [5.41, 5.74) is 0.764. The zero-order chi connectivity index (χ0) is 18.2. The molecule has 26 heavy (non-hydrogen) atoms. The molecule has 7 nitrogen and oxygen atoms in total. The number of ether oxygens (including phenoxy) is 3. The maximum atomic E-state index is 12.6. The summed E-state index contributed by atoms with van der Waals surface area (Å²) in [6.07, 6.45) is 1.86. The van der Waals surface area contributed by atoms with E-state index in [1.807, 2.05) is 6.07 Å². The minimum atomic E-state index is -0.485. The number of hydrogen-bond acceptors (Lipinski definition) is 6. The molecule has 1 aliphatic heterocycles. The first-order chi connectivity index (χ1) is 12.1. The Morgan fingerprint density at radius 3 is 2.54 bits per heavy atom. The number of amides is 1. The van der Waals surface area contributed by atoms with Crippen LogP contribution in [0.25, 0.3) is 0 Å². The molecular weight excluding hydrogens is 360 g/mol. The molecule has 1 fully saturated rings. The van der Waals surface area contributed by atoms with Crippen LogP contribution in [0, 0.1) is 5.92 Å². The van der Waals surface area contributed by atoms with Crippen LogP contribution in [-0.2, 0) is 14.3 Å². The average Bonchev–Trinajstić information content (AvgIpc) is 2.67. The predicted molar refractivity (Wildman–Crippen MR) is 99.9 cm³/mol. The second-order valence-electron chi connectivity index (χ2n) is 6.00. The largest absolute Gasteiger partial charge is 0.493 e. The van der Waals surface area contributed by atoms with Crippen LogP contribution in [0.15, 0.2) is 18.2 Å². The molecule has 8 heteroatoms. The minimum Gasteiger partial charge on any atom is -0.493 e. The van der Waals surface area contributed by atoms with Crippen LogP contribution in [0.5, 0.6) is 11.5 Å². The number of benzene rings is 1. The van der Waals surface area contributed by atoms with Gasteiger partial charge < -0.3 is 24.8 Å². The summed E-state index contributed by atoms with van der Waals surface area (Å²) in [7, 11) is 4.44. The van der Waals surface area contributed by atoms with Crippen molar-refractivity contribution in [3.8, 4) is 11.5 Å². The Morgan fingerprint density at radius 1 is 1.23 bits per heavy atom. The van der Waals surface area contributed by atoms with E-state index in [1.165, 1.54) is 7.11 Å². The lowest BCUT2D eigenvalue weighted by Crippen LogP contribution is -2.42. The third-order valence-corrected chi connectivity index (χ3v) is 4.39. The van der Waals surface area contributed by atoms with E-state index in [0.29, 0.717) is 18.0 Å². The van der Waals surface area contributed by atoms with Crippen LogP contribution in [0.1, 0.15) is 30.9 Å². The summed E-state index contributed by atoms with van der Waals surface area (Å²) in [4.78, 5) is 24.4. The van der Waals surface area contributed by atoms with E-state index >= 15 is 0 Å². The average molecular weight is 387 g/mol. The van der Waals surface area contributed by atoms with Gasteiger partial charge in [0.25, 0.3) is 0 Å². The van der Waals surface area contributed by atoms with Crippen LogP contribution >= 0.6 is 12.4 Å². The van der Waals surface area contributed by atoms with Gasteiger partial charge in [-0.3, -0.25) is 9.59 Å². The van der Waals surface area contributed by atoms with Crippen molar-refractivity contribution in [2.75, 3.05) is 34.4 Å². The molecule has 146 valence electrons. The highest BCUT2D eigenvalue weighted by Crippen LogP contribution is 2.31. The first kappa shape index (κ1) is 22.1. The van der Waals surface area contributed by atoms with E-state index < -0.39 is 6.04 Å². The second kappa shape index (κ2) is 10.9. The molecule has 0 spiro atoms. The van der Waals surface area contributed by atoms with Crippen LogP contribution in [0.4, 0.5) is 0 Å². The molecule has 1 aromatic carbocycles. The summed E-state index contributed by atoms with van der Waals surface area (Å²) in [5, 5.41) is 6.21. The number of esters is 1. The summed E-state index contributed by atoms with van der Waals surface area (Å²) in [6, 6.07) is 4.86. The highest BCUT2D eigenvalue weighted by molar-refractivity contribution is 5.85. The van der Waals surface area contributed by atoms with Crippen molar-refractivity contribution >= 4 is 24.3 Å². The van der Waals surface area contributed by atoms with E-state index in [2.05, 4.69) is 10.6 Å². The predicted octanol–water partition coefficient (Wildman–Crippen LogP) is 1.85. The molecule has 0 saturated carbocycles. The molecule has 1 amide bonds. The van der Waals surface area contributed by atoms with Crippen molar-refractivity contribution in [1.29, 1.82) is 0 Å². The Bertz CT molecular complexity index is 605. The molecule has 2 N–H and O–H groups in total.